The second-order valence-corrected chi connectivity index (χ2v) is 7.45. The van der Waals surface area contributed by atoms with Crippen LogP contribution < -0.4 is 5.32 Å². The predicted octanol–water partition coefficient (Wildman–Crippen LogP) is 2.91. The van der Waals surface area contributed by atoms with Crippen molar-refractivity contribution in [2.75, 3.05) is 33.2 Å². The minimum absolute atomic E-state index is 0.139. The molecular weight excluding hydrogens is 348 g/mol. The van der Waals surface area contributed by atoms with Crippen LogP contribution >= 0.6 is 0 Å². The molecule has 4 rings (SSSR count). The average molecular weight is 374 g/mol. The van der Waals surface area contributed by atoms with E-state index < -0.39 is 0 Å². The van der Waals surface area contributed by atoms with Crippen molar-refractivity contribution >= 4 is 16.7 Å². The van der Waals surface area contributed by atoms with E-state index in [1.54, 1.807) is 6.20 Å². The average Bonchev–Trinajstić information content (AvgIpc) is 2.74. The highest BCUT2D eigenvalue weighted by Gasteiger charge is 2.15. The first-order valence-electron chi connectivity index (χ1n) is 9.80. The maximum absolute atomic E-state index is 12.6. The summed E-state index contributed by atoms with van der Waals surface area (Å²) in [5.74, 6) is -0.139. The number of hydrogen-bond donors (Lipinski definition) is 1. The van der Waals surface area contributed by atoms with Crippen molar-refractivity contribution in [2.45, 2.75) is 13.1 Å². The van der Waals surface area contributed by atoms with E-state index in [0.717, 1.165) is 49.1 Å². The van der Waals surface area contributed by atoms with Gasteiger partial charge in [-0.1, -0.05) is 48.5 Å². The SMILES string of the molecule is CN1CCN(Cc2ccccc2CNC(=O)c2cc3ccccc3cn2)CC1. The minimum atomic E-state index is -0.139. The fourth-order valence-corrected chi connectivity index (χ4v) is 3.60. The standard InChI is InChI=1S/C23H26N4O/c1-26-10-12-27(13-11-26)17-21-9-5-4-8-20(21)16-25-23(28)22-14-18-6-2-3-7-19(18)15-24-22/h2-9,14-15H,10-13,16-17H2,1H3,(H,25,28). The number of nitrogens with one attached hydrogen (secondary N) is 1. The molecule has 144 valence electrons. The number of fused-ring (bicyclic) bond motifs is 1. The molecule has 1 saturated heterocycles. The van der Waals surface area contributed by atoms with Crippen LogP contribution in [0, 0.1) is 0 Å². The number of nitrogens with zero attached hydrogens (tertiary/aromatic N) is 3. The molecule has 28 heavy (non-hydrogen) atoms. The van der Waals surface area contributed by atoms with Gasteiger partial charge < -0.3 is 10.2 Å². The number of benzene rings is 2. The molecular formula is C23H26N4O. The number of amides is 1. The summed E-state index contributed by atoms with van der Waals surface area (Å²) in [7, 11) is 2.17. The molecule has 5 nitrogen and oxygen atoms in total. The van der Waals surface area contributed by atoms with Gasteiger partial charge in [0.2, 0.25) is 0 Å². The first-order chi connectivity index (χ1) is 13.7. The summed E-state index contributed by atoms with van der Waals surface area (Å²) in [6.07, 6.45) is 1.76. The van der Waals surface area contributed by atoms with Crippen molar-refractivity contribution in [2.24, 2.45) is 0 Å². The summed E-state index contributed by atoms with van der Waals surface area (Å²) in [5.41, 5.74) is 2.89. The van der Waals surface area contributed by atoms with Crippen molar-refractivity contribution in [3.8, 4) is 0 Å². The highest BCUT2D eigenvalue weighted by atomic mass is 16.1. The van der Waals surface area contributed by atoms with Crippen molar-refractivity contribution < 1.29 is 4.79 Å². The van der Waals surface area contributed by atoms with E-state index in [2.05, 4.69) is 45.3 Å². The van der Waals surface area contributed by atoms with Gasteiger partial charge in [0.15, 0.2) is 0 Å². The van der Waals surface area contributed by atoms with Gasteiger partial charge in [0.25, 0.3) is 5.91 Å². The Morgan fingerprint density at radius 3 is 2.43 bits per heavy atom. The lowest BCUT2D eigenvalue weighted by Gasteiger charge is -2.32. The predicted molar refractivity (Wildman–Crippen MR) is 112 cm³/mol. The zero-order valence-corrected chi connectivity index (χ0v) is 16.3. The third kappa shape index (κ3) is 4.38. The van der Waals surface area contributed by atoms with Gasteiger partial charge in [0.1, 0.15) is 5.69 Å². The smallest absolute Gasteiger partial charge is 0.270 e. The Labute approximate surface area is 166 Å². The van der Waals surface area contributed by atoms with Gasteiger partial charge in [-0.3, -0.25) is 14.7 Å². The monoisotopic (exact) mass is 374 g/mol. The molecule has 0 unspecified atom stereocenters. The lowest BCUT2D eigenvalue weighted by molar-refractivity contribution is 0.0946. The van der Waals surface area contributed by atoms with Gasteiger partial charge in [-0.2, -0.15) is 0 Å². The summed E-state index contributed by atoms with van der Waals surface area (Å²) in [4.78, 5) is 21.8. The van der Waals surface area contributed by atoms with Gasteiger partial charge in [-0.15, -0.1) is 0 Å². The largest absolute Gasteiger partial charge is 0.347 e. The Balaban J connectivity index is 1.42. The third-order valence-electron chi connectivity index (χ3n) is 5.41. The number of aromatic nitrogens is 1. The Morgan fingerprint density at radius 2 is 1.64 bits per heavy atom. The van der Waals surface area contributed by atoms with Crippen molar-refractivity contribution in [3.63, 3.8) is 0 Å². The van der Waals surface area contributed by atoms with E-state index in [9.17, 15) is 4.79 Å². The quantitative estimate of drug-likeness (QED) is 0.746. The molecule has 5 heteroatoms. The molecule has 0 aliphatic carbocycles. The second kappa shape index (κ2) is 8.50. The van der Waals surface area contributed by atoms with Gasteiger partial charge >= 0.3 is 0 Å². The Kier molecular flexibility index (Phi) is 5.65. The molecule has 0 atom stereocenters. The molecule has 1 N–H and O–H groups in total. The molecule has 0 spiro atoms. The molecule has 1 aliphatic heterocycles. The molecule has 1 fully saturated rings. The third-order valence-corrected chi connectivity index (χ3v) is 5.41. The molecule has 0 saturated carbocycles. The number of carbonyl (C=O) groups is 1. The van der Waals surface area contributed by atoms with Crippen LogP contribution in [0.4, 0.5) is 0 Å². The summed E-state index contributed by atoms with van der Waals surface area (Å²) in [6, 6.07) is 18.1. The van der Waals surface area contributed by atoms with Gasteiger partial charge in [0, 0.05) is 50.9 Å². The van der Waals surface area contributed by atoms with Crippen molar-refractivity contribution in [1.82, 2.24) is 20.1 Å². The van der Waals surface area contributed by atoms with E-state index >= 15 is 0 Å². The molecule has 0 bridgehead atoms. The van der Waals surface area contributed by atoms with E-state index in [1.165, 1.54) is 5.56 Å². The van der Waals surface area contributed by atoms with E-state index in [1.807, 2.05) is 36.4 Å². The second-order valence-electron chi connectivity index (χ2n) is 7.45. The Bertz CT molecular complexity index is 963. The van der Waals surface area contributed by atoms with E-state index in [-0.39, 0.29) is 5.91 Å². The maximum atomic E-state index is 12.6. The van der Waals surface area contributed by atoms with Crippen LogP contribution in [0.3, 0.4) is 0 Å². The zero-order chi connectivity index (χ0) is 19.3. The van der Waals surface area contributed by atoms with E-state index in [4.69, 9.17) is 0 Å². The molecule has 0 radical (unpaired) electrons. The van der Waals surface area contributed by atoms with Crippen LogP contribution in [0.15, 0.2) is 60.8 Å². The fourth-order valence-electron chi connectivity index (χ4n) is 3.60. The summed E-state index contributed by atoms with van der Waals surface area (Å²) < 4.78 is 0. The van der Waals surface area contributed by atoms with Crippen molar-refractivity contribution in [3.05, 3.63) is 77.6 Å². The van der Waals surface area contributed by atoms with Crippen LogP contribution in [0.5, 0.6) is 0 Å². The summed E-state index contributed by atoms with van der Waals surface area (Å²) >= 11 is 0. The Morgan fingerprint density at radius 1 is 0.964 bits per heavy atom. The molecule has 1 aliphatic rings. The molecule has 3 aromatic rings. The number of likely N-dealkylation sites (N-methyl/N-ethyl adjacent to an activating group) is 1. The van der Waals surface area contributed by atoms with Crippen LogP contribution in [0.25, 0.3) is 10.8 Å². The lowest BCUT2D eigenvalue weighted by atomic mass is 10.1. The number of hydrogen-bond acceptors (Lipinski definition) is 4. The lowest BCUT2D eigenvalue weighted by Crippen LogP contribution is -2.44. The van der Waals surface area contributed by atoms with Gasteiger partial charge in [0.05, 0.1) is 0 Å². The Hall–Kier alpha value is -2.76. The highest BCUT2D eigenvalue weighted by Crippen LogP contribution is 2.15. The normalized spacial score (nSPS) is 15.6. The minimum Gasteiger partial charge on any atom is -0.347 e. The molecule has 2 aromatic carbocycles. The highest BCUT2D eigenvalue weighted by molar-refractivity contribution is 5.96. The first kappa shape index (κ1) is 18.6. The maximum Gasteiger partial charge on any atom is 0.270 e. The number of pyridine rings is 1. The van der Waals surface area contributed by atoms with Crippen LogP contribution in [-0.2, 0) is 13.1 Å². The van der Waals surface area contributed by atoms with Crippen molar-refractivity contribution in [1.29, 1.82) is 0 Å². The number of carbonyl (C=O) groups excluding carboxylic acids is 1. The van der Waals surface area contributed by atoms with Crippen LogP contribution in [-0.4, -0.2) is 53.9 Å². The number of piperazine rings is 1. The topological polar surface area (TPSA) is 48.5 Å². The molecule has 2 heterocycles. The molecule has 1 amide bonds. The fraction of sp³-hybridized carbons (Fsp3) is 0.304. The van der Waals surface area contributed by atoms with Crippen LogP contribution in [0.1, 0.15) is 21.6 Å². The number of rotatable bonds is 5. The first-order valence-corrected chi connectivity index (χ1v) is 9.80. The van der Waals surface area contributed by atoms with Gasteiger partial charge in [-0.25, -0.2) is 0 Å². The van der Waals surface area contributed by atoms with E-state index in [0.29, 0.717) is 12.2 Å². The van der Waals surface area contributed by atoms with Crippen LogP contribution in [0.2, 0.25) is 0 Å². The van der Waals surface area contributed by atoms with Gasteiger partial charge in [-0.05, 0) is 29.6 Å². The summed E-state index contributed by atoms with van der Waals surface area (Å²) in [5, 5.41) is 5.10. The summed E-state index contributed by atoms with van der Waals surface area (Å²) in [6.45, 7) is 5.81. The molecule has 1 aromatic heterocycles. The zero-order valence-electron chi connectivity index (χ0n) is 16.3.